The number of benzene rings is 2. The summed E-state index contributed by atoms with van der Waals surface area (Å²) >= 11 is 0. The number of hydrogen-bond acceptors (Lipinski definition) is 4. The zero-order chi connectivity index (χ0) is 19.3. The number of nitrogens with zero attached hydrogens (tertiary/aromatic N) is 6. The Balaban J connectivity index is 1.49. The first-order valence-corrected chi connectivity index (χ1v) is 8.97. The lowest BCUT2D eigenvalue weighted by Crippen LogP contribution is -1.98. The second-order valence-corrected chi connectivity index (χ2v) is 6.40. The Kier molecular flexibility index (Phi) is 4.93. The van der Waals surface area contributed by atoms with E-state index in [2.05, 4.69) is 20.2 Å². The van der Waals surface area contributed by atoms with Crippen LogP contribution in [0.1, 0.15) is 25.0 Å². The molecule has 4 rings (SSSR count). The van der Waals surface area contributed by atoms with Crippen LogP contribution in [0.4, 0.5) is 0 Å². The van der Waals surface area contributed by atoms with E-state index in [-0.39, 0.29) is 0 Å². The number of imidazole rings is 2. The Morgan fingerprint density at radius 3 is 1.36 bits per heavy atom. The highest BCUT2D eigenvalue weighted by molar-refractivity contribution is 6.01. The van der Waals surface area contributed by atoms with Crippen molar-refractivity contribution in [2.24, 2.45) is 10.2 Å². The molecule has 138 valence electrons. The van der Waals surface area contributed by atoms with Gasteiger partial charge >= 0.3 is 0 Å². The molecule has 0 fully saturated rings. The summed E-state index contributed by atoms with van der Waals surface area (Å²) in [4.78, 5) is 8.14. The monoisotopic (exact) mass is 368 g/mol. The molecule has 4 aromatic rings. The number of aromatic nitrogens is 4. The van der Waals surface area contributed by atoms with Crippen molar-refractivity contribution in [1.82, 2.24) is 19.1 Å². The molecule has 6 heteroatoms. The van der Waals surface area contributed by atoms with Crippen LogP contribution in [0.2, 0.25) is 0 Å². The summed E-state index contributed by atoms with van der Waals surface area (Å²) in [6.07, 6.45) is 10.9. The van der Waals surface area contributed by atoms with Gasteiger partial charge in [-0.1, -0.05) is 24.3 Å². The topological polar surface area (TPSA) is 60.4 Å². The molecular formula is C22H20N6. The molecule has 0 spiro atoms. The summed E-state index contributed by atoms with van der Waals surface area (Å²) in [6.45, 7) is 3.93. The molecule has 2 aromatic carbocycles. The molecule has 28 heavy (non-hydrogen) atoms. The molecule has 0 atom stereocenters. The van der Waals surface area contributed by atoms with Crippen molar-refractivity contribution < 1.29 is 0 Å². The smallest absolute Gasteiger partial charge is 0.0991 e. The molecule has 0 N–H and O–H groups in total. The minimum Gasteiger partial charge on any atom is -0.306 e. The van der Waals surface area contributed by atoms with Crippen LogP contribution in [0.5, 0.6) is 0 Å². The first-order valence-electron chi connectivity index (χ1n) is 8.97. The van der Waals surface area contributed by atoms with Crippen LogP contribution < -0.4 is 0 Å². The van der Waals surface area contributed by atoms with Crippen molar-refractivity contribution >= 4 is 11.4 Å². The minimum atomic E-state index is 0.867. The lowest BCUT2D eigenvalue weighted by Gasteiger charge is -2.05. The first-order chi connectivity index (χ1) is 13.7. The predicted molar refractivity (Wildman–Crippen MR) is 112 cm³/mol. The molecule has 0 bridgehead atoms. The van der Waals surface area contributed by atoms with E-state index in [1.165, 1.54) is 0 Å². The fourth-order valence-electron chi connectivity index (χ4n) is 2.84. The SMILES string of the molecule is C/C(=N\N=C(/C)c1ccc(-n2ccnc2)cc1)c1ccc(-n2ccnc2)cc1. The fourth-order valence-corrected chi connectivity index (χ4v) is 2.84. The lowest BCUT2D eigenvalue weighted by atomic mass is 10.1. The van der Waals surface area contributed by atoms with E-state index in [1.807, 2.05) is 83.9 Å². The minimum absolute atomic E-state index is 0.867. The molecule has 6 nitrogen and oxygen atoms in total. The maximum Gasteiger partial charge on any atom is 0.0991 e. The van der Waals surface area contributed by atoms with Gasteiger partial charge in [0.1, 0.15) is 0 Å². The number of rotatable bonds is 5. The Bertz CT molecular complexity index is 995. The average molecular weight is 368 g/mol. The van der Waals surface area contributed by atoms with E-state index < -0.39 is 0 Å². The van der Waals surface area contributed by atoms with Gasteiger partial charge in [0.2, 0.25) is 0 Å². The van der Waals surface area contributed by atoms with Crippen LogP contribution in [0.25, 0.3) is 11.4 Å². The molecular weight excluding hydrogens is 348 g/mol. The summed E-state index contributed by atoms with van der Waals surface area (Å²) in [5.41, 5.74) is 5.93. The van der Waals surface area contributed by atoms with Gasteiger partial charge in [-0.2, -0.15) is 10.2 Å². The molecule has 0 amide bonds. The summed E-state index contributed by atoms with van der Waals surface area (Å²) in [5.74, 6) is 0. The van der Waals surface area contributed by atoms with Gasteiger partial charge in [0, 0.05) is 36.2 Å². The average Bonchev–Trinajstić information content (AvgIpc) is 3.46. The standard InChI is InChI=1S/C22H20N6/c1-17(19-3-7-21(8-4-19)27-13-11-23-15-27)25-26-18(2)20-5-9-22(10-6-20)28-14-12-24-16-28/h3-16H,1-2H3/b25-17+,26-18+. The van der Waals surface area contributed by atoms with Gasteiger partial charge < -0.3 is 9.13 Å². The molecule has 0 saturated heterocycles. The van der Waals surface area contributed by atoms with Crippen LogP contribution >= 0.6 is 0 Å². The predicted octanol–water partition coefficient (Wildman–Crippen LogP) is 4.29. The molecule has 0 aliphatic carbocycles. The molecule has 0 saturated carbocycles. The van der Waals surface area contributed by atoms with Crippen LogP contribution in [0.15, 0.2) is 96.2 Å². The largest absolute Gasteiger partial charge is 0.306 e. The van der Waals surface area contributed by atoms with Gasteiger partial charge in [-0.05, 0) is 49.2 Å². The first kappa shape index (κ1) is 17.6. The van der Waals surface area contributed by atoms with Crippen molar-refractivity contribution in [2.45, 2.75) is 13.8 Å². The summed E-state index contributed by atoms with van der Waals surface area (Å²) in [7, 11) is 0. The highest BCUT2D eigenvalue weighted by Gasteiger charge is 2.02. The van der Waals surface area contributed by atoms with Crippen LogP contribution in [0.3, 0.4) is 0 Å². The second-order valence-electron chi connectivity index (χ2n) is 6.40. The third-order valence-corrected chi connectivity index (χ3v) is 4.53. The van der Waals surface area contributed by atoms with Crippen LogP contribution in [0, 0.1) is 0 Å². The zero-order valence-corrected chi connectivity index (χ0v) is 15.8. The molecule has 0 unspecified atom stereocenters. The van der Waals surface area contributed by atoms with Crippen molar-refractivity contribution in [3.05, 3.63) is 97.1 Å². The van der Waals surface area contributed by atoms with Gasteiger partial charge in [-0.3, -0.25) is 0 Å². The van der Waals surface area contributed by atoms with E-state index in [0.29, 0.717) is 0 Å². The number of hydrogen-bond donors (Lipinski definition) is 0. The fraction of sp³-hybridized carbons (Fsp3) is 0.0909. The van der Waals surface area contributed by atoms with Crippen molar-refractivity contribution in [3.8, 4) is 11.4 Å². The quantitative estimate of drug-likeness (QED) is 0.390. The van der Waals surface area contributed by atoms with E-state index in [0.717, 1.165) is 33.9 Å². The summed E-state index contributed by atoms with van der Waals surface area (Å²) < 4.78 is 3.93. The summed E-state index contributed by atoms with van der Waals surface area (Å²) in [6, 6.07) is 16.3. The Morgan fingerprint density at radius 2 is 1.04 bits per heavy atom. The Labute approximate surface area is 163 Å². The molecule has 0 aliphatic rings. The van der Waals surface area contributed by atoms with E-state index in [4.69, 9.17) is 0 Å². The van der Waals surface area contributed by atoms with Crippen molar-refractivity contribution in [2.75, 3.05) is 0 Å². The second kappa shape index (κ2) is 7.84. The Hall–Kier alpha value is -3.80. The molecule has 0 radical (unpaired) electrons. The Morgan fingerprint density at radius 1 is 0.643 bits per heavy atom. The van der Waals surface area contributed by atoms with Crippen molar-refractivity contribution in [1.29, 1.82) is 0 Å². The van der Waals surface area contributed by atoms with Gasteiger partial charge in [-0.25, -0.2) is 9.97 Å². The van der Waals surface area contributed by atoms with Crippen LogP contribution in [-0.4, -0.2) is 30.5 Å². The van der Waals surface area contributed by atoms with Gasteiger partial charge in [0.15, 0.2) is 0 Å². The zero-order valence-electron chi connectivity index (χ0n) is 15.8. The normalized spacial score (nSPS) is 12.4. The lowest BCUT2D eigenvalue weighted by molar-refractivity contribution is 1.06. The van der Waals surface area contributed by atoms with E-state index >= 15 is 0 Å². The third-order valence-electron chi connectivity index (χ3n) is 4.53. The van der Waals surface area contributed by atoms with Gasteiger partial charge in [0.05, 0.1) is 24.1 Å². The molecule has 2 heterocycles. The molecule has 0 aliphatic heterocycles. The van der Waals surface area contributed by atoms with E-state index in [1.54, 1.807) is 25.0 Å². The van der Waals surface area contributed by atoms with Crippen molar-refractivity contribution in [3.63, 3.8) is 0 Å². The van der Waals surface area contributed by atoms with Gasteiger partial charge in [0.25, 0.3) is 0 Å². The highest BCUT2D eigenvalue weighted by atomic mass is 15.2. The van der Waals surface area contributed by atoms with Gasteiger partial charge in [-0.15, -0.1) is 0 Å². The highest BCUT2D eigenvalue weighted by Crippen LogP contribution is 2.12. The third kappa shape index (κ3) is 3.81. The van der Waals surface area contributed by atoms with Crippen LogP contribution in [-0.2, 0) is 0 Å². The maximum absolute atomic E-state index is 4.41. The molecule has 2 aromatic heterocycles. The summed E-state index contributed by atoms with van der Waals surface area (Å²) in [5, 5.41) is 8.81. The van der Waals surface area contributed by atoms with E-state index in [9.17, 15) is 0 Å². The maximum atomic E-state index is 4.41.